The van der Waals surface area contributed by atoms with Crippen molar-refractivity contribution in [2.45, 2.75) is 11.4 Å². The first kappa shape index (κ1) is 18.1. The van der Waals surface area contributed by atoms with Gasteiger partial charge in [-0.25, -0.2) is 0 Å². The van der Waals surface area contributed by atoms with E-state index in [9.17, 15) is 4.79 Å². The van der Waals surface area contributed by atoms with Gasteiger partial charge in [-0.05, 0) is 42.2 Å². The molecular weight excluding hydrogens is 356 g/mol. The average molecular weight is 377 g/mol. The number of thioether (sulfide) groups is 1. The summed E-state index contributed by atoms with van der Waals surface area (Å²) in [5, 5.41) is 3.41. The molecule has 2 aromatic rings. The smallest absolute Gasteiger partial charge is 0.253 e. The molecule has 0 spiro atoms. The van der Waals surface area contributed by atoms with Crippen molar-refractivity contribution in [1.82, 2.24) is 5.32 Å². The number of benzene rings is 2. The Morgan fingerprint density at radius 1 is 1.20 bits per heavy atom. The third-order valence-electron chi connectivity index (χ3n) is 4.18. The number of rotatable bonds is 5. The van der Waals surface area contributed by atoms with Crippen molar-refractivity contribution < 1.29 is 9.53 Å². The number of nitrogens with zero attached hydrogens (tertiary/aromatic N) is 1. The van der Waals surface area contributed by atoms with Crippen LogP contribution >= 0.6 is 23.4 Å². The van der Waals surface area contributed by atoms with Crippen molar-refractivity contribution in [1.29, 1.82) is 0 Å². The summed E-state index contributed by atoms with van der Waals surface area (Å²) in [5.74, 6) is -0.154. The highest BCUT2D eigenvalue weighted by Gasteiger charge is 2.12. The van der Waals surface area contributed by atoms with E-state index in [-0.39, 0.29) is 5.91 Å². The SMILES string of the molecule is CSc1ccc(Cl)c(C(=O)NCc2ccc(N3CCOCC3)cc2)c1. The van der Waals surface area contributed by atoms with Gasteiger partial charge in [0, 0.05) is 30.2 Å². The number of carbonyl (C=O) groups is 1. The van der Waals surface area contributed by atoms with E-state index in [4.69, 9.17) is 16.3 Å². The van der Waals surface area contributed by atoms with E-state index in [2.05, 4.69) is 22.3 Å². The van der Waals surface area contributed by atoms with Crippen LogP contribution in [-0.4, -0.2) is 38.5 Å². The number of hydrogen-bond acceptors (Lipinski definition) is 4. The molecule has 0 atom stereocenters. The molecule has 25 heavy (non-hydrogen) atoms. The lowest BCUT2D eigenvalue weighted by molar-refractivity contribution is 0.0951. The Kier molecular flexibility index (Phi) is 6.24. The number of halogens is 1. The minimum Gasteiger partial charge on any atom is -0.378 e. The second-order valence-corrected chi connectivity index (χ2v) is 7.08. The maximum Gasteiger partial charge on any atom is 0.253 e. The zero-order valence-corrected chi connectivity index (χ0v) is 15.7. The molecule has 1 aliphatic heterocycles. The van der Waals surface area contributed by atoms with Crippen LogP contribution in [0.15, 0.2) is 47.4 Å². The molecule has 0 bridgehead atoms. The monoisotopic (exact) mass is 376 g/mol. The van der Waals surface area contributed by atoms with E-state index in [0.29, 0.717) is 17.1 Å². The first-order chi connectivity index (χ1) is 12.2. The molecule has 0 radical (unpaired) electrons. The predicted molar refractivity (Wildman–Crippen MR) is 104 cm³/mol. The zero-order valence-electron chi connectivity index (χ0n) is 14.1. The number of hydrogen-bond donors (Lipinski definition) is 1. The van der Waals surface area contributed by atoms with Crippen LogP contribution in [0.3, 0.4) is 0 Å². The molecule has 1 heterocycles. The summed E-state index contributed by atoms with van der Waals surface area (Å²) in [6.45, 7) is 3.85. The van der Waals surface area contributed by atoms with Gasteiger partial charge in [-0.2, -0.15) is 0 Å². The van der Waals surface area contributed by atoms with Gasteiger partial charge in [-0.3, -0.25) is 4.79 Å². The van der Waals surface area contributed by atoms with Gasteiger partial charge in [0.1, 0.15) is 0 Å². The number of amides is 1. The number of nitrogens with one attached hydrogen (secondary N) is 1. The molecule has 2 aromatic carbocycles. The van der Waals surface area contributed by atoms with Crippen LogP contribution in [0.4, 0.5) is 5.69 Å². The van der Waals surface area contributed by atoms with Crippen LogP contribution in [0.1, 0.15) is 15.9 Å². The summed E-state index contributed by atoms with van der Waals surface area (Å²) in [7, 11) is 0. The standard InChI is InChI=1S/C19H21ClN2O2S/c1-25-16-6-7-18(20)17(12-16)19(23)21-13-14-2-4-15(5-3-14)22-8-10-24-11-9-22/h2-7,12H,8-11,13H2,1H3,(H,21,23). The van der Waals surface area contributed by atoms with Crippen LogP contribution in [0.2, 0.25) is 5.02 Å². The summed E-state index contributed by atoms with van der Waals surface area (Å²) < 4.78 is 5.38. The van der Waals surface area contributed by atoms with Gasteiger partial charge in [-0.15, -0.1) is 11.8 Å². The van der Waals surface area contributed by atoms with Gasteiger partial charge in [0.2, 0.25) is 0 Å². The molecule has 132 valence electrons. The Bertz CT molecular complexity index is 731. The highest BCUT2D eigenvalue weighted by Crippen LogP contribution is 2.23. The van der Waals surface area contributed by atoms with E-state index in [1.54, 1.807) is 17.8 Å². The summed E-state index contributed by atoms with van der Waals surface area (Å²) in [6.07, 6.45) is 1.97. The fourth-order valence-electron chi connectivity index (χ4n) is 2.73. The average Bonchev–Trinajstić information content (AvgIpc) is 2.67. The minimum absolute atomic E-state index is 0.154. The van der Waals surface area contributed by atoms with E-state index in [0.717, 1.165) is 36.8 Å². The summed E-state index contributed by atoms with van der Waals surface area (Å²) >= 11 is 7.74. The Balaban J connectivity index is 1.60. The fourth-order valence-corrected chi connectivity index (χ4v) is 3.37. The Labute approximate surface area is 157 Å². The maximum atomic E-state index is 12.4. The first-order valence-corrected chi connectivity index (χ1v) is 9.81. The highest BCUT2D eigenvalue weighted by atomic mass is 35.5. The molecule has 6 heteroatoms. The minimum atomic E-state index is -0.154. The fraction of sp³-hybridized carbons (Fsp3) is 0.316. The van der Waals surface area contributed by atoms with Gasteiger partial charge < -0.3 is 15.0 Å². The molecule has 4 nitrogen and oxygen atoms in total. The number of anilines is 1. The Hall–Kier alpha value is -1.69. The van der Waals surface area contributed by atoms with Crippen molar-refractivity contribution in [2.24, 2.45) is 0 Å². The number of carbonyl (C=O) groups excluding carboxylic acids is 1. The highest BCUT2D eigenvalue weighted by molar-refractivity contribution is 7.98. The van der Waals surface area contributed by atoms with Gasteiger partial charge in [0.05, 0.1) is 23.8 Å². The molecule has 1 saturated heterocycles. The van der Waals surface area contributed by atoms with E-state index in [1.165, 1.54) is 5.69 Å². The van der Waals surface area contributed by atoms with Gasteiger partial charge >= 0.3 is 0 Å². The van der Waals surface area contributed by atoms with Crippen molar-refractivity contribution in [2.75, 3.05) is 37.5 Å². The van der Waals surface area contributed by atoms with E-state index in [1.807, 2.05) is 30.5 Å². The van der Waals surface area contributed by atoms with E-state index >= 15 is 0 Å². The van der Waals surface area contributed by atoms with Gasteiger partial charge in [0.25, 0.3) is 5.91 Å². The van der Waals surface area contributed by atoms with Crippen LogP contribution < -0.4 is 10.2 Å². The van der Waals surface area contributed by atoms with Crippen molar-refractivity contribution in [3.05, 3.63) is 58.6 Å². The molecule has 0 unspecified atom stereocenters. The second kappa shape index (κ2) is 8.61. The quantitative estimate of drug-likeness (QED) is 0.805. The third kappa shape index (κ3) is 4.69. The van der Waals surface area contributed by atoms with Crippen molar-refractivity contribution >= 4 is 35.0 Å². The van der Waals surface area contributed by atoms with Crippen LogP contribution in [0, 0.1) is 0 Å². The number of ether oxygens (including phenoxy) is 1. The summed E-state index contributed by atoms with van der Waals surface area (Å²) in [4.78, 5) is 15.7. The predicted octanol–water partition coefficient (Wildman–Crippen LogP) is 3.83. The molecule has 1 N–H and O–H groups in total. The third-order valence-corrected chi connectivity index (χ3v) is 5.24. The van der Waals surface area contributed by atoms with Crippen molar-refractivity contribution in [3.63, 3.8) is 0 Å². The molecule has 0 aliphatic carbocycles. The molecule has 1 aliphatic rings. The van der Waals surface area contributed by atoms with Gasteiger partial charge in [0.15, 0.2) is 0 Å². The first-order valence-electron chi connectivity index (χ1n) is 8.21. The lowest BCUT2D eigenvalue weighted by atomic mass is 10.1. The maximum absolute atomic E-state index is 12.4. The van der Waals surface area contributed by atoms with E-state index < -0.39 is 0 Å². The number of morpholine rings is 1. The van der Waals surface area contributed by atoms with Gasteiger partial charge in [-0.1, -0.05) is 23.7 Å². The lowest BCUT2D eigenvalue weighted by Gasteiger charge is -2.28. The van der Waals surface area contributed by atoms with Crippen LogP contribution in [-0.2, 0) is 11.3 Å². The zero-order chi connectivity index (χ0) is 17.6. The molecule has 0 saturated carbocycles. The normalized spacial score (nSPS) is 14.4. The van der Waals surface area contributed by atoms with Crippen LogP contribution in [0.25, 0.3) is 0 Å². The molecule has 3 rings (SSSR count). The molecule has 1 fully saturated rings. The summed E-state index contributed by atoms with van der Waals surface area (Å²) in [5.41, 5.74) is 2.76. The molecule has 0 aromatic heterocycles. The van der Waals surface area contributed by atoms with Crippen LogP contribution in [0.5, 0.6) is 0 Å². The Morgan fingerprint density at radius 2 is 1.92 bits per heavy atom. The summed E-state index contributed by atoms with van der Waals surface area (Å²) in [6, 6.07) is 13.8. The topological polar surface area (TPSA) is 41.6 Å². The Morgan fingerprint density at radius 3 is 2.60 bits per heavy atom. The van der Waals surface area contributed by atoms with Crippen molar-refractivity contribution in [3.8, 4) is 0 Å². The lowest BCUT2D eigenvalue weighted by Crippen LogP contribution is -2.36. The second-order valence-electron chi connectivity index (χ2n) is 5.79. The largest absolute Gasteiger partial charge is 0.378 e. The molecular formula is C19H21ClN2O2S. The molecule has 1 amide bonds.